The molecular weight excluding hydrogens is 386 g/mol. The lowest BCUT2D eigenvalue weighted by molar-refractivity contribution is -0.157. The molecule has 0 spiro atoms. The van der Waals surface area contributed by atoms with Crippen molar-refractivity contribution in [3.05, 3.63) is 29.8 Å². The van der Waals surface area contributed by atoms with Gasteiger partial charge in [-0.25, -0.2) is 8.42 Å². The Bertz CT molecular complexity index is 797. The first-order chi connectivity index (χ1) is 13.3. The SMILES string of the molecule is COC(=O)C[C@@H]1CC[C@H]2[C@@H](COC[C@@H](O)CN2S(=O)(=O)c2ccccc2C)O1. The summed E-state index contributed by atoms with van der Waals surface area (Å²) in [6.07, 6.45) is -0.640. The predicted molar refractivity (Wildman–Crippen MR) is 100 cm³/mol. The average Bonchev–Trinajstić information content (AvgIpc) is 2.65. The van der Waals surface area contributed by atoms with Crippen LogP contribution in [0.1, 0.15) is 24.8 Å². The summed E-state index contributed by atoms with van der Waals surface area (Å²) in [7, 11) is -2.51. The number of esters is 1. The quantitative estimate of drug-likeness (QED) is 0.730. The van der Waals surface area contributed by atoms with E-state index in [4.69, 9.17) is 14.2 Å². The Hall–Kier alpha value is -1.52. The fourth-order valence-corrected chi connectivity index (χ4v) is 5.76. The van der Waals surface area contributed by atoms with Crippen molar-refractivity contribution in [3.63, 3.8) is 0 Å². The van der Waals surface area contributed by atoms with Crippen molar-refractivity contribution in [3.8, 4) is 0 Å². The summed E-state index contributed by atoms with van der Waals surface area (Å²) in [6.45, 7) is 1.85. The normalized spacial score (nSPS) is 29.4. The Labute approximate surface area is 165 Å². The summed E-state index contributed by atoms with van der Waals surface area (Å²) in [5.74, 6) is -0.366. The molecule has 1 aromatic rings. The molecule has 3 rings (SSSR count). The zero-order valence-corrected chi connectivity index (χ0v) is 16.9. The van der Waals surface area contributed by atoms with Crippen LogP contribution in [0.5, 0.6) is 0 Å². The van der Waals surface area contributed by atoms with E-state index >= 15 is 0 Å². The van der Waals surface area contributed by atoms with Gasteiger partial charge in [-0.2, -0.15) is 4.31 Å². The van der Waals surface area contributed by atoms with Crippen LogP contribution < -0.4 is 0 Å². The topological polar surface area (TPSA) is 102 Å². The number of β-amino-alcohol motifs (C(OH)–C–C–N with tert-alkyl or cyclic N) is 1. The summed E-state index contributed by atoms with van der Waals surface area (Å²) in [4.78, 5) is 11.8. The molecule has 1 aromatic carbocycles. The number of sulfonamides is 1. The van der Waals surface area contributed by atoms with Crippen molar-refractivity contribution in [1.82, 2.24) is 4.31 Å². The molecule has 156 valence electrons. The average molecular weight is 413 g/mol. The van der Waals surface area contributed by atoms with Crippen LogP contribution in [0.4, 0.5) is 0 Å². The number of hydrogen-bond donors (Lipinski definition) is 1. The minimum Gasteiger partial charge on any atom is -0.469 e. The molecule has 2 saturated heterocycles. The van der Waals surface area contributed by atoms with Gasteiger partial charge in [-0.15, -0.1) is 0 Å². The lowest BCUT2D eigenvalue weighted by atomic mass is 9.96. The number of ether oxygens (including phenoxy) is 3. The van der Waals surface area contributed by atoms with Crippen LogP contribution in [0, 0.1) is 6.92 Å². The molecule has 2 fully saturated rings. The van der Waals surface area contributed by atoms with Crippen molar-refractivity contribution in [2.45, 2.75) is 55.4 Å². The molecule has 8 nitrogen and oxygen atoms in total. The van der Waals surface area contributed by atoms with Gasteiger partial charge in [0.2, 0.25) is 10.0 Å². The van der Waals surface area contributed by atoms with Crippen LogP contribution in [0.15, 0.2) is 29.2 Å². The van der Waals surface area contributed by atoms with E-state index in [0.717, 1.165) is 0 Å². The first-order valence-electron chi connectivity index (χ1n) is 9.38. The molecule has 0 amide bonds. The van der Waals surface area contributed by atoms with E-state index in [-0.39, 0.29) is 43.1 Å². The van der Waals surface area contributed by atoms with Gasteiger partial charge in [0.05, 0.1) is 56.0 Å². The van der Waals surface area contributed by atoms with E-state index in [2.05, 4.69) is 0 Å². The number of aliphatic hydroxyl groups excluding tert-OH is 1. The molecule has 0 aromatic heterocycles. The Morgan fingerprint density at radius 3 is 2.75 bits per heavy atom. The highest BCUT2D eigenvalue weighted by atomic mass is 32.2. The minimum absolute atomic E-state index is 0.0219. The minimum atomic E-state index is -3.83. The molecule has 0 aliphatic carbocycles. The summed E-state index contributed by atoms with van der Waals surface area (Å²) in [6, 6.07) is 6.32. The number of hydrogen-bond acceptors (Lipinski definition) is 7. The monoisotopic (exact) mass is 413 g/mol. The maximum atomic E-state index is 13.4. The summed E-state index contributed by atoms with van der Waals surface area (Å²) >= 11 is 0. The summed E-state index contributed by atoms with van der Waals surface area (Å²) < 4.78 is 44.4. The summed E-state index contributed by atoms with van der Waals surface area (Å²) in [5, 5.41) is 10.2. The third-order valence-corrected chi connectivity index (χ3v) is 7.29. The standard InChI is InChI=1S/C19H27NO7S/c1-13-5-3-4-6-18(13)28(23,24)20-10-14(21)11-26-12-17-16(20)8-7-15(27-17)9-19(22)25-2/h3-6,14-17,21H,7-12H2,1-2H3/t14-,15-,16-,17+/m0/s1. The van der Waals surface area contributed by atoms with Crippen molar-refractivity contribution in [2.75, 3.05) is 26.9 Å². The van der Waals surface area contributed by atoms with Crippen molar-refractivity contribution >= 4 is 16.0 Å². The zero-order chi connectivity index (χ0) is 20.3. The van der Waals surface area contributed by atoms with Gasteiger partial charge in [0.15, 0.2) is 0 Å². The highest BCUT2D eigenvalue weighted by Crippen LogP contribution is 2.32. The van der Waals surface area contributed by atoms with Crippen molar-refractivity contribution in [2.24, 2.45) is 0 Å². The second-order valence-electron chi connectivity index (χ2n) is 7.25. The number of benzene rings is 1. The van der Waals surface area contributed by atoms with Crippen molar-refractivity contribution in [1.29, 1.82) is 0 Å². The van der Waals surface area contributed by atoms with E-state index < -0.39 is 28.3 Å². The van der Waals surface area contributed by atoms with E-state index in [1.807, 2.05) is 0 Å². The molecule has 0 bridgehead atoms. The first-order valence-corrected chi connectivity index (χ1v) is 10.8. The van der Waals surface area contributed by atoms with Gasteiger partial charge < -0.3 is 19.3 Å². The Balaban J connectivity index is 1.88. The number of rotatable bonds is 4. The zero-order valence-electron chi connectivity index (χ0n) is 16.1. The van der Waals surface area contributed by atoms with Gasteiger partial charge in [0, 0.05) is 6.54 Å². The number of methoxy groups -OCH3 is 1. The maximum absolute atomic E-state index is 13.4. The lowest BCUT2D eigenvalue weighted by Crippen LogP contribution is -2.57. The molecule has 4 atom stereocenters. The number of nitrogens with zero attached hydrogens (tertiary/aromatic N) is 1. The second kappa shape index (κ2) is 8.87. The smallest absolute Gasteiger partial charge is 0.308 e. The predicted octanol–water partition coefficient (Wildman–Crippen LogP) is 0.856. The van der Waals surface area contributed by atoms with Crippen LogP contribution in [0.25, 0.3) is 0 Å². The Morgan fingerprint density at radius 1 is 1.29 bits per heavy atom. The van der Waals surface area contributed by atoms with Crippen molar-refractivity contribution < 1.29 is 32.5 Å². The molecule has 0 saturated carbocycles. The molecule has 2 aliphatic rings. The maximum Gasteiger partial charge on any atom is 0.308 e. The van der Waals surface area contributed by atoms with E-state index in [0.29, 0.717) is 18.4 Å². The lowest BCUT2D eigenvalue weighted by Gasteiger charge is -2.43. The van der Waals surface area contributed by atoms with Gasteiger partial charge in [0.1, 0.15) is 0 Å². The highest BCUT2D eigenvalue weighted by Gasteiger charge is 2.43. The fraction of sp³-hybridized carbons (Fsp3) is 0.632. The molecule has 28 heavy (non-hydrogen) atoms. The van der Waals surface area contributed by atoms with E-state index in [1.54, 1.807) is 31.2 Å². The van der Waals surface area contributed by atoms with Gasteiger partial charge in [-0.05, 0) is 31.4 Å². The molecule has 2 aliphatic heterocycles. The van der Waals surface area contributed by atoms with Gasteiger partial charge in [-0.3, -0.25) is 4.79 Å². The molecule has 9 heteroatoms. The van der Waals surface area contributed by atoms with Gasteiger partial charge >= 0.3 is 5.97 Å². The van der Waals surface area contributed by atoms with Crippen LogP contribution in [0.2, 0.25) is 0 Å². The molecule has 2 heterocycles. The number of carbonyl (C=O) groups excluding carboxylic acids is 1. The molecule has 0 radical (unpaired) electrons. The third kappa shape index (κ3) is 4.55. The van der Waals surface area contributed by atoms with Crippen LogP contribution in [-0.2, 0) is 29.0 Å². The van der Waals surface area contributed by atoms with E-state index in [9.17, 15) is 18.3 Å². The fourth-order valence-electron chi connectivity index (χ4n) is 3.81. The Kier molecular flexibility index (Phi) is 6.72. The van der Waals surface area contributed by atoms with Crippen LogP contribution in [-0.4, -0.2) is 75.0 Å². The largest absolute Gasteiger partial charge is 0.469 e. The number of carbonyl (C=O) groups is 1. The summed E-state index contributed by atoms with van der Waals surface area (Å²) in [5.41, 5.74) is 0.646. The Morgan fingerprint density at radius 2 is 2.04 bits per heavy atom. The van der Waals surface area contributed by atoms with Crippen LogP contribution >= 0.6 is 0 Å². The number of aliphatic hydroxyl groups is 1. The van der Waals surface area contributed by atoms with Crippen LogP contribution in [0.3, 0.4) is 0 Å². The number of aryl methyl sites for hydroxylation is 1. The number of fused-ring (bicyclic) bond motifs is 1. The molecule has 1 N–H and O–H groups in total. The van der Waals surface area contributed by atoms with Gasteiger partial charge in [0.25, 0.3) is 0 Å². The molecule has 0 unspecified atom stereocenters. The molecular formula is C19H27NO7S. The first kappa shape index (κ1) is 21.2. The second-order valence-corrected chi connectivity index (χ2v) is 9.11. The van der Waals surface area contributed by atoms with E-state index in [1.165, 1.54) is 11.4 Å². The third-order valence-electron chi connectivity index (χ3n) is 5.24. The highest BCUT2D eigenvalue weighted by molar-refractivity contribution is 7.89. The van der Waals surface area contributed by atoms with Gasteiger partial charge in [-0.1, -0.05) is 18.2 Å².